The van der Waals surface area contributed by atoms with Crippen LogP contribution in [-0.4, -0.2) is 20.7 Å². The molecule has 0 radical (unpaired) electrons. The van der Waals surface area contributed by atoms with Gasteiger partial charge in [-0.2, -0.15) is 0 Å². The zero-order valence-corrected chi connectivity index (χ0v) is 8.10. The van der Waals surface area contributed by atoms with Crippen molar-refractivity contribution in [3.05, 3.63) is 0 Å². The van der Waals surface area contributed by atoms with Gasteiger partial charge in [0.05, 0.1) is 6.26 Å². The van der Waals surface area contributed by atoms with E-state index in [1.807, 2.05) is 0 Å². The van der Waals surface area contributed by atoms with Gasteiger partial charge in [-0.15, -0.1) is 0 Å². The monoisotopic (exact) mass is 189 g/mol. The lowest BCUT2D eigenvalue weighted by molar-refractivity contribution is 0.391. The third-order valence-electron chi connectivity index (χ3n) is 3.10. The van der Waals surface area contributed by atoms with Crippen molar-refractivity contribution in [3.8, 4) is 0 Å². The summed E-state index contributed by atoms with van der Waals surface area (Å²) in [7, 11) is -2.98. The van der Waals surface area contributed by atoms with E-state index in [2.05, 4.69) is 4.72 Å². The van der Waals surface area contributed by atoms with Crippen LogP contribution in [0.2, 0.25) is 0 Å². The minimum absolute atomic E-state index is 0.249. The van der Waals surface area contributed by atoms with Gasteiger partial charge in [-0.25, -0.2) is 13.1 Å². The maximum Gasteiger partial charge on any atom is 0.208 e. The summed E-state index contributed by atoms with van der Waals surface area (Å²) in [5.74, 6) is 1.43. The maximum absolute atomic E-state index is 11.0. The third-order valence-corrected chi connectivity index (χ3v) is 3.83. The molecular formula is C8H15NO2S. The molecule has 2 fully saturated rings. The van der Waals surface area contributed by atoms with E-state index in [9.17, 15) is 8.42 Å². The molecule has 0 amide bonds. The van der Waals surface area contributed by atoms with Crippen LogP contribution in [0.25, 0.3) is 0 Å². The van der Waals surface area contributed by atoms with Crippen molar-refractivity contribution in [1.29, 1.82) is 0 Å². The summed E-state index contributed by atoms with van der Waals surface area (Å²) in [5.41, 5.74) is 0. The molecule has 70 valence electrons. The highest BCUT2D eigenvalue weighted by molar-refractivity contribution is 7.88. The van der Waals surface area contributed by atoms with Gasteiger partial charge >= 0.3 is 0 Å². The molecule has 0 unspecified atom stereocenters. The lowest BCUT2D eigenvalue weighted by Gasteiger charge is -2.21. The molecule has 2 aliphatic rings. The molecule has 3 nitrogen and oxygen atoms in total. The number of hydrogen-bond acceptors (Lipinski definition) is 2. The predicted molar refractivity (Wildman–Crippen MR) is 47.2 cm³/mol. The van der Waals surface area contributed by atoms with Gasteiger partial charge in [-0.1, -0.05) is 6.42 Å². The summed E-state index contributed by atoms with van der Waals surface area (Å²) in [5, 5.41) is 0. The van der Waals surface area contributed by atoms with Gasteiger partial charge in [0.15, 0.2) is 0 Å². The van der Waals surface area contributed by atoms with E-state index >= 15 is 0 Å². The highest BCUT2D eigenvalue weighted by atomic mass is 32.2. The smallest absolute Gasteiger partial charge is 0.208 e. The molecular weight excluding hydrogens is 174 g/mol. The van der Waals surface area contributed by atoms with Crippen LogP contribution in [0, 0.1) is 11.8 Å². The lowest BCUT2D eigenvalue weighted by Crippen LogP contribution is -2.37. The van der Waals surface area contributed by atoms with Gasteiger partial charge in [-0.3, -0.25) is 0 Å². The first kappa shape index (κ1) is 8.51. The first-order chi connectivity index (χ1) is 5.54. The van der Waals surface area contributed by atoms with Gasteiger partial charge in [0.1, 0.15) is 0 Å². The largest absolute Gasteiger partial charge is 0.213 e. The summed E-state index contributed by atoms with van der Waals surface area (Å²) < 4.78 is 24.6. The minimum Gasteiger partial charge on any atom is -0.213 e. The Morgan fingerprint density at radius 2 is 2.00 bits per heavy atom. The normalized spacial score (nSPS) is 40.6. The standard InChI is InChI=1S/C8H15NO2S/c1-12(10,11)9-8-5-6-2-3-7(8)4-6/h6-9H,2-5H2,1H3/t6-,7-,8+/m1/s1. The van der Waals surface area contributed by atoms with Gasteiger partial charge in [0, 0.05) is 6.04 Å². The summed E-state index contributed by atoms with van der Waals surface area (Å²) in [4.78, 5) is 0. The Bertz CT molecular complexity index is 273. The van der Waals surface area contributed by atoms with E-state index in [0.29, 0.717) is 5.92 Å². The van der Waals surface area contributed by atoms with Crippen molar-refractivity contribution in [1.82, 2.24) is 4.72 Å². The predicted octanol–water partition coefficient (Wildman–Crippen LogP) is 0.724. The number of hydrogen-bond donors (Lipinski definition) is 1. The summed E-state index contributed by atoms with van der Waals surface area (Å²) in [6.45, 7) is 0. The summed E-state index contributed by atoms with van der Waals surface area (Å²) >= 11 is 0. The second-order valence-corrected chi connectivity index (χ2v) is 5.95. The zero-order chi connectivity index (χ0) is 8.77. The van der Waals surface area contributed by atoms with Gasteiger partial charge in [0.25, 0.3) is 0 Å². The van der Waals surface area contributed by atoms with Crippen LogP contribution in [0.5, 0.6) is 0 Å². The molecule has 0 spiro atoms. The second-order valence-electron chi connectivity index (χ2n) is 4.17. The minimum atomic E-state index is -2.98. The average Bonchev–Trinajstić information content (AvgIpc) is 2.42. The quantitative estimate of drug-likeness (QED) is 0.696. The van der Waals surface area contributed by atoms with Crippen molar-refractivity contribution in [2.45, 2.75) is 31.7 Å². The SMILES string of the molecule is CS(=O)(=O)N[C@H]1C[C@@H]2CC[C@@H]1C2. The van der Waals surface area contributed by atoms with Crippen molar-refractivity contribution >= 4 is 10.0 Å². The van der Waals surface area contributed by atoms with Crippen molar-refractivity contribution in [3.63, 3.8) is 0 Å². The molecule has 12 heavy (non-hydrogen) atoms. The fourth-order valence-electron chi connectivity index (χ4n) is 2.66. The number of nitrogens with one attached hydrogen (secondary N) is 1. The lowest BCUT2D eigenvalue weighted by atomic mass is 9.96. The first-order valence-corrected chi connectivity index (χ1v) is 6.41. The molecule has 0 aliphatic heterocycles. The van der Waals surface area contributed by atoms with Crippen molar-refractivity contribution < 1.29 is 8.42 Å². The topological polar surface area (TPSA) is 46.2 Å². The van der Waals surface area contributed by atoms with Crippen molar-refractivity contribution in [2.75, 3.05) is 6.26 Å². The van der Waals surface area contributed by atoms with E-state index in [1.54, 1.807) is 0 Å². The molecule has 2 bridgehead atoms. The maximum atomic E-state index is 11.0. The van der Waals surface area contributed by atoms with Crippen LogP contribution < -0.4 is 4.72 Å². The van der Waals surface area contributed by atoms with Crippen LogP contribution in [0.4, 0.5) is 0 Å². The van der Waals surface area contributed by atoms with Gasteiger partial charge < -0.3 is 0 Å². The molecule has 4 heteroatoms. The van der Waals surface area contributed by atoms with Crippen LogP contribution in [0.1, 0.15) is 25.7 Å². The molecule has 2 rings (SSSR count). The Morgan fingerprint density at radius 1 is 1.25 bits per heavy atom. The van der Waals surface area contributed by atoms with Crippen LogP contribution in [0.3, 0.4) is 0 Å². The molecule has 2 aliphatic carbocycles. The molecule has 1 N–H and O–H groups in total. The van der Waals surface area contributed by atoms with Crippen LogP contribution >= 0.6 is 0 Å². The number of fused-ring (bicyclic) bond motifs is 2. The Morgan fingerprint density at radius 3 is 2.42 bits per heavy atom. The molecule has 0 aromatic heterocycles. The van der Waals surface area contributed by atoms with Crippen LogP contribution in [-0.2, 0) is 10.0 Å². The van der Waals surface area contributed by atoms with Crippen molar-refractivity contribution in [2.24, 2.45) is 11.8 Å². The molecule has 0 aromatic carbocycles. The Labute approximate surface area is 73.6 Å². The Kier molecular flexibility index (Phi) is 1.92. The van der Waals surface area contributed by atoms with E-state index in [4.69, 9.17) is 0 Å². The molecule has 2 saturated carbocycles. The number of sulfonamides is 1. The second kappa shape index (κ2) is 2.70. The Balaban J connectivity index is 2.00. The summed E-state index contributed by atoms with van der Waals surface area (Å²) in [6.07, 6.45) is 6.09. The van der Waals surface area contributed by atoms with E-state index < -0.39 is 10.0 Å². The first-order valence-electron chi connectivity index (χ1n) is 4.52. The van der Waals surface area contributed by atoms with E-state index in [-0.39, 0.29) is 6.04 Å². The molecule has 0 saturated heterocycles. The average molecular weight is 189 g/mol. The van der Waals surface area contributed by atoms with E-state index in [0.717, 1.165) is 12.3 Å². The van der Waals surface area contributed by atoms with Gasteiger partial charge in [-0.05, 0) is 31.1 Å². The van der Waals surface area contributed by atoms with E-state index in [1.165, 1.54) is 25.5 Å². The third kappa shape index (κ3) is 1.64. The number of rotatable bonds is 2. The Hall–Kier alpha value is -0.0900. The fraction of sp³-hybridized carbons (Fsp3) is 1.00. The zero-order valence-electron chi connectivity index (χ0n) is 7.29. The van der Waals surface area contributed by atoms with Gasteiger partial charge in [0.2, 0.25) is 10.0 Å². The molecule has 3 atom stereocenters. The molecule has 0 heterocycles. The summed E-state index contributed by atoms with van der Waals surface area (Å²) in [6, 6.07) is 0.249. The van der Waals surface area contributed by atoms with Crippen LogP contribution in [0.15, 0.2) is 0 Å². The molecule has 0 aromatic rings. The fourth-order valence-corrected chi connectivity index (χ4v) is 3.50. The highest BCUT2D eigenvalue weighted by Gasteiger charge is 2.40. The highest BCUT2D eigenvalue weighted by Crippen LogP contribution is 2.44.